The van der Waals surface area contributed by atoms with Gasteiger partial charge >= 0.3 is 0 Å². The maximum Gasteiger partial charge on any atom is 0.235 e. The van der Waals surface area contributed by atoms with E-state index >= 15 is 0 Å². The molecule has 1 aromatic rings. The van der Waals surface area contributed by atoms with E-state index in [0.29, 0.717) is 10.7 Å². The molecule has 1 aliphatic rings. The fraction of sp³-hybridized carbons (Fsp3) is 0.333. The highest BCUT2D eigenvalue weighted by Gasteiger charge is 2.35. The highest BCUT2D eigenvalue weighted by molar-refractivity contribution is 14.1. The molecule has 1 N–H and O–H groups in total. The van der Waals surface area contributed by atoms with Crippen molar-refractivity contribution in [3.63, 3.8) is 0 Å². The van der Waals surface area contributed by atoms with E-state index in [1.165, 1.54) is 0 Å². The Hall–Kier alpha value is -0.0100. The number of sulfonamides is 1. The normalized spacial score (nSPS) is 16.4. The maximum atomic E-state index is 11.6. The van der Waals surface area contributed by atoms with Crippen LogP contribution in [0, 0.1) is 3.57 Å². The van der Waals surface area contributed by atoms with Crippen LogP contribution in [-0.2, 0) is 10.0 Å². The summed E-state index contributed by atoms with van der Waals surface area (Å²) in [4.78, 5) is 0. The number of rotatable bonds is 3. The molecule has 2 rings (SSSR count). The summed E-state index contributed by atoms with van der Waals surface area (Å²) in [6.45, 7) is 0. The summed E-state index contributed by atoms with van der Waals surface area (Å²) in [7, 11) is -3.18. The minimum absolute atomic E-state index is 0.212. The lowest BCUT2D eigenvalue weighted by molar-refractivity contribution is 0.600. The second-order valence-electron chi connectivity index (χ2n) is 3.48. The van der Waals surface area contributed by atoms with Crippen LogP contribution >= 0.6 is 34.2 Å². The minimum Gasteiger partial charge on any atom is -0.283 e. The first kappa shape index (κ1) is 11.5. The van der Waals surface area contributed by atoms with Crippen LogP contribution < -0.4 is 4.72 Å². The molecule has 1 aromatic carbocycles. The Morgan fingerprint density at radius 1 is 1.40 bits per heavy atom. The Bertz CT molecular complexity index is 485. The van der Waals surface area contributed by atoms with E-state index in [4.69, 9.17) is 11.6 Å². The van der Waals surface area contributed by atoms with E-state index in [-0.39, 0.29) is 5.25 Å². The molecule has 0 unspecified atom stereocenters. The highest BCUT2D eigenvalue weighted by Crippen LogP contribution is 2.30. The van der Waals surface area contributed by atoms with Gasteiger partial charge in [-0.1, -0.05) is 11.6 Å². The summed E-state index contributed by atoms with van der Waals surface area (Å²) in [5.74, 6) is 0. The van der Waals surface area contributed by atoms with Crippen molar-refractivity contribution >= 4 is 49.9 Å². The zero-order chi connectivity index (χ0) is 11.1. The van der Waals surface area contributed by atoms with Gasteiger partial charge in [0.2, 0.25) is 10.0 Å². The van der Waals surface area contributed by atoms with Gasteiger partial charge in [0.15, 0.2) is 0 Å². The number of anilines is 1. The molecule has 15 heavy (non-hydrogen) atoms. The lowest BCUT2D eigenvalue weighted by Gasteiger charge is -2.07. The van der Waals surface area contributed by atoms with Gasteiger partial charge in [-0.15, -0.1) is 0 Å². The van der Waals surface area contributed by atoms with E-state index in [1.54, 1.807) is 18.2 Å². The predicted molar refractivity (Wildman–Crippen MR) is 69.7 cm³/mol. The van der Waals surface area contributed by atoms with Crippen LogP contribution in [0.5, 0.6) is 0 Å². The molecule has 3 nitrogen and oxygen atoms in total. The molecule has 1 fully saturated rings. The number of benzene rings is 1. The zero-order valence-corrected chi connectivity index (χ0v) is 11.4. The fourth-order valence-electron chi connectivity index (χ4n) is 1.19. The van der Waals surface area contributed by atoms with Crippen molar-refractivity contribution in [3.05, 3.63) is 26.8 Å². The number of halogens is 2. The first-order valence-corrected chi connectivity index (χ1v) is 7.46. The topological polar surface area (TPSA) is 46.2 Å². The molecule has 1 aliphatic carbocycles. The van der Waals surface area contributed by atoms with Crippen molar-refractivity contribution < 1.29 is 8.42 Å². The van der Waals surface area contributed by atoms with Crippen LogP contribution in [0.3, 0.4) is 0 Å². The minimum atomic E-state index is -3.18. The molecule has 0 aliphatic heterocycles. The molecule has 1 saturated carbocycles. The van der Waals surface area contributed by atoms with E-state index in [0.717, 1.165) is 16.4 Å². The van der Waals surface area contributed by atoms with Crippen molar-refractivity contribution in [2.45, 2.75) is 18.1 Å². The van der Waals surface area contributed by atoms with E-state index in [1.807, 2.05) is 0 Å². The van der Waals surface area contributed by atoms with Gasteiger partial charge in [0, 0.05) is 3.57 Å². The monoisotopic (exact) mass is 357 g/mol. The van der Waals surface area contributed by atoms with Gasteiger partial charge in [-0.25, -0.2) is 8.42 Å². The SMILES string of the molecule is O=S(=O)(Nc1ccc(I)c(Cl)c1)C1CC1. The molecule has 0 saturated heterocycles. The van der Waals surface area contributed by atoms with Gasteiger partial charge in [-0.2, -0.15) is 0 Å². The summed E-state index contributed by atoms with van der Waals surface area (Å²) < 4.78 is 26.6. The first-order chi connectivity index (χ1) is 6.99. The standard InChI is InChI=1S/C9H9ClINO2S/c10-8-5-6(1-4-9(8)11)12-15(13,14)7-2-3-7/h1,4-5,7,12H,2-3H2. The molecule has 82 valence electrons. The second-order valence-corrected chi connectivity index (χ2v) is 7.01. The quantitative estimate of drug-likeness (QED) is 0.846. The molecular formula is C9H9ClINO2S. The second kappa shape index (κ2) is 4.10. The van der Waals surface area contributed by atoms with Gasteiger partial charge < -0.3 is 0 Å². The molecule has 6 heteroatoms. The van der Waals surface area contributed by atoms with Crippen LogP contribution in [0.15, 0.2) is 18.2 Å². The summed E-state index contributed by atoms with van der Waals surface area (Å²) >= 11 is 7.99. The molecule has 0 amide bonds. The van der Waals surface area contributed by atoms with Crippen LogP contribution in [-0.4, -0.2) is 13.7 Å². The van der Waals surface area contributed by atoms with Gasteiger partial charge in [0.25, 0.3) is 0 Å². The molecule has 0 aromatic heterocycles. The highest BCUT2D eigenvalue weighted by atomic mass is 127. The maximum absolute atomic E-state index is 11.6. The lowest BCUT2D eigenvalue weighted by Crippen LogP contribution is -2.17. The number of nitrogens with one attached hydrogen (secondary N) is 1. The lowest BCUT2D eigenvalue weighted by atomic mass is 10.3. The molecular weight excluding hydrogens is 349 g/mol. The molecule has 0 spiro atoms. The van der Waals surface area contributed by atoms with Gasteiger partial charge in [0.05, 0.1) is 16.0 Å². The summed E-state index contributed by atoms with van der Waals surface area (Å²) in [5, 5.41) is 0.349. The Morgan fingerprint density at radius 3 is 2.60 bits per heavy atom. The van der Waals surface area contributed by atoms with Crippen LogP contribution in [0.25, 0.3) is 0 Å². The van der Waals surface area contributed by atoms with Crippen molar-refractivity contribution in [2.24, 2.45) is 0 Å². The van der Waals surface area contributed by atoms with Gasteiger partial charge in [0.1, 0.15) is 0 Å². The summed E-state index contributed by atoms with van der Waals surface area (Å²) in [6.07, 6.45) is 1.51. The third kappa shape index (κ3) is 2.76. The van der Waals surface area contributed by atoms with E-state index in [9.17, 15) is 8.42 Å². The summed E-state index contributed by atoms with van der Waals surface area (Å²) in [5.41, 5.74) is 0.535. The average molecular weight is 358 g/mol. The Morgan fingerprint density at radius 2 is 2.07 bits per heavy atom. The number of hydrogen-bond donors (Lipinski definition) is 1. The van der Waals surface area contributed by atoms with E-state index in [2.05, 4.69) is 27.3 Å². The van der Waals surface area contributed by atoms with Crippen LogP contribution in [0.4, 0.5) is 5.69 Å². The average Bonchev–Trinajstić information content (AvgIpc) is 2.93. The molecule has 0 atom stereocenters. The Balaban J connectivity index is 2.21. The summed E-state index contributed by atoms with van der Waals surface area (Å²) in [6, 6.07) is 5.13. The largest absolute Gasteiger partial charge is 0.283 e. The van der Waals surface area contributed by atoms with Crippen molar-refractivity contribution in [1.82, 2.24) is 0 Å². The van der Waals surface area contributed by atoms with Crippen molar-refractivity contribution in [1.29, 1.82) is 0 Å². The van der Waals surface area contributed by atoms with E-state index < -0.39 is 10.0 Å². The molecule has 0 radical (unpaired) electrons. The smallest absolute Gasteiger partial charge is 0.235 e. The third-order valence-corrected chi connectivity index (χ3v) is 5.58. The van der Waals surface area contributed by atoms with Crippen molar-refractivity contribution in [2.75, 3.05) is 4.72 Å². The van der Waals surface area contributed by atoms with Crippen LogP contribution in [0.1, 0.15) is 12.8 Å². The molecule has 0 heterocycles. The van der Waals surface area contributed by atoms with Gasteiger partial charge in [-0.05, 0) is 53.6 Å². The number of hydrogen-bond acceptors (Lipinski definition) is 2. The molecule has 0 bridgehead atoms. The fourth-order valence-corrected chi connectivity index (χ4v) is 3.08. The predicted octanol–water partition coefficient (Wildman–Crippen LogP) is 2.85. The van der Waals surface area contributed by atoms with Crippen LogP contribution in [0.2, 0.25) is 5.02 Å². The Kier molecular flexibility index (Phi) is 3.14. The van der Waals surface area contributed by atoms with Gasteiger partial charge in [-0.3, -0.25) is 4.72 Å². The van der Waals surface area contributed by atoms with Crippen molar-refractivity contribution in [3.8, 4) is 0 Å². The zero-order valence-electron chi connectivity index (χ0n) is 7.70. The first-order valence-electron chi connectivity index (χ1n) is 4.46. The Labute approximate surface area is 107 Å². The third-order valence-electron chi connectivity index (χ3n) is 2.14.